The molecule has 0 unspecified atom stereocenters. The minimum atomic E-state index is -1.04. The summed E-state index contributed by atoms with van der Waals surface area (Å²) in [5.74, 6) is -0.964. The number of benzene rings is 2. The Labute approximate surface area is 116 Å². The lowest BCUT2D eigenvalue weighted by Gasteiger charge is -2.02. The molecule has 100 valence electrons. The molecule has 0 spiro atoms. The Morgan fingerprint density at radius 3 is 2.65 bits per heavy atom. The van der Waals surface area contributed by atoms with Gasteiger partial charge in [0, 0.05) is 11.8 Å². The molecule has 0 amide bonds. The number of para-hydroxylation sites is 1. The molecule has 0 radical (unpaired) electrons. The number of carboxylic acid groups (broad SMARTS) is 1. The second kappa shape index (κ2) is 5.84. The molecule has 0 aromatic heterocycles. The molecule has 0 heterocycles. The van der Waals surface area contributed by atoms with Crippen molar-refractivity contribution < 1.29 is 15.0 Å². The van der Waals surface area contributed by atoms with Gasteiger partial charge in [-0.05, 0) is 29.8 Å². The molecule has 4 nitrogen and oxygen atoms in total. The number of carboxylic acids is 1. The van der Waals surface area contributed by atoms with Crippen molar-refractivity contribution in [1.29, 1.82) is 0 Å². The number of hydrogen-bond acceptors (Lipinski definition) is 3. The number of aromatic hydroxyl groups is 1. The van der Waals surface area contributed by atoms with Crippen molar-refractivity contribution in [1.82, 2.24) is 0 Å². The van der Waals surface area contributed by atoms with Gasteiger partial charge in [-0.2, -0.15) is 0 Å². The number of carbonyl (C=O) groups is 1. The van der Waals surface area contributed by atoms with E-state index >= 15 is 0 Å². The van der Waals surface area contributed by atoms with Crippen LogP contribution in [0.15, 0.2) is 54.0 Å². The second-order valence-corrected chi connectivity index (χ2v) is 4.10. The molecule has 2 N–H and O–H groups in total. The highest BCUT2D eigenvalue weighted by atomic mass is 16.4. The summed E-state index contributed by atoms with van der Waals surface area (Å²) in [5.41, 5.74) is 1.80. The number of aliphatic imine (C=N–C) groups is 1. The Hall–Kier alpha value is -2.88. The monoisotopic (exact) mass is 267 g/mol. The first-order valence-electron chi connectivity index (χ1n) is 5.93. The summed E-state index contributed by atoms with van der Waals surface area (Å²) in [6.45, 7) is 3.65. The molecule has 20 heavy (non-hydrogen) atoms. The van der Waals surface area contributed by atoms with Crippen LogP contribution in [0.2, 0.25) is 0 Å². The predicted octanol–water partition coefficient (Wildman–Crippen LogP) is 3.48. The van der Waals surface area contributed by atoms with Crippen molar-refractivity contribution in [3.05, 3.63) is 65.7 Å². The number of aromatic carboxylic acids is 1. The molecular weight excluding hydrogens is 254 g/mol. The number of phenolic OH excluding ortho intramolecular Hbond substituents is 1. The highest BCUT2D eigenvalue weighted by Crippen LogP contribution is 2.21. The maximum atomic E-state index is 11.1. The largest absolute Gasteiger partial charge is 0.507 e. The molecule has 2 rings (SSSR count). The first-order chi connectivity index (χ1) is 9.61. The zero-order chi connectivity index (χ0) is 14.5. The lowest BCUT2D eigenvalue weighted by Crippen LogP contribution is -1.96. The minimum absolute atomic E-state index is 0.0761. The van der Waals surface area contributed by atoms with Gasteiger partial charge in [0.1, 0.15) is 5.75 Å². The number of phenols is 1. The second-order valence-electron chi connectivity index (χ2n) is 4.10. The summed E-state index contributed by atoms with van der Waals surface area (Å²) in [4.78, 5) is 15.2. The quantitative estimate of drug-likeness (QED) is 0.833. The van der Waals surface area contributed by atoms with Gasteiger partial charge in [-0.1, -0.05) is 30.9 Å². The van der Waals surface area contributed by atoms with Crippen LogP contribution in [-0.4, -0.2) is 22.4 Å². The van der Waals surface area contributed by atoms with Gasteiger partial charge in [-0.15, -0.1) is 0 Å². The fraction of sp³-hybridized carbons (Fsp3) is 0. The lowest BCUT2D eigenvalue weighted by atomic mass is 10.1. The highest BCUT2D eigenvalue weighted by Gasteiger charge is 2.07. The van der Waals surface area contributed by atoms with E-state index in [-0.39, 0.29) is 11.3 Å². The third-order valence-electron chi connectivity index (χ3n) is 2.76. The minimum Gasteiger partial charge on any atom is -0.507 e. The molecular formula is C16H13NO3. The first kappa shape index (κ1) is 13.5. The van der Waals surface area contributed by atoms with Crippen LogP contribution in [0.1, 0.15) is 21.5 Å². The molecule has 0 fully saturated rings. The standard InChI is InChI=1S/C16H13NO3/c1-2-11-7-8-15(18)12(9-11)10-17-14-6-4-3-5-13(14)16(19)20/h2-10,18H,1H2,(H,19,20). The molecule has 0 saturated heterocycles. The van der Waals surface area contributed by atoms with Crippen LogP contribution in [0.3, 0.4) is 0 Å². The van der Waals surface area contributed by atoms with Gasteiger partial charge >= 0.3 is 5.97 Å². The number of nitrogens with zero attached hydrogens (tertiary/aromatic N) is 1. The Morgan fingerprint density at radius 1 is 1.20 bits per heavy atom. The van der Waals surface area contributed by atoms with E-state index < -0.39 is 5.97 Å². The normalized spacial score (nSPS) is 10.6. The molecule has 2 aromatic carbocycles. The molecule has 0 bridgehead atoms. The lowest BCUT2D eigenvalue weighted by molar-refractivity contribution is 0.0698. The molecule has 0 saturated carbocycles. The van der Waals surface area contributed by atoms with E-state index in [9.17, 15) is 9.90 Å². The van der Waals surface area contributed by atoms with Gasteiger partial charge < -0.3 is 10.2 Å². The average Bonchev–Trinajstić information content (AvgIpc) is 2.46. The van der Waals surface area contributed by atoms with Gasteiger partial charge in [0.15, 0.2) is 0 Å². The molecule has 4 heteroatoms. The first-order valence-corrected chi connectivity index (χ1v) is 5.93. The van der Waals surface area contributed by atoms with Crippen molar-refractivity contribution in [2.45, 2.75) is 0 Å². The Kier molecular flexibility index (Phi) is 3.96. The van der Waals surface area contributed by atoms with Crippen LogP contribution in [0.5, 0.6) is 5.75 Å². The summed E-state index contributed by atoms with van der Waals surface area (Å²) in [6.07, 6.45) is 3.09. The molecule has 0 atom stereocenters. The zero-order valence-electron chi connectivity index (χ0n) is 10.7. The van der Waals surface area contributed by atoms with E-state index in [0.29, 0.717) is 11.3 Å². The Morgan fingerprint density at radius 2 is 1.95 bits per heavy atom. The summed E-state index contributed by atoms with van der Waals surface area (Å²) in [6, 6.07) is 11.4. The maximum Gasteiger partial charge on any atom is 0.337 e. The van der Waals surface area contributed by atoms with Gasteiger partial charge in [-0.25, -0.2) is 4.79 Å². The highest BCUT2D eigenvalue weighted by molar-refractivity contribution is 5.95. The zero-order valence-corrected chi connectivity index (χ0v) is 10.7. The fourth-order valence-electron chi connectivity index (χ4n) is 1.71. The van der Waals surface area contributed by atoms with Crippen LogP contribution >= 0.6 is 0 Å². The van der Waals surface area contributed by atoms with Gasteiger partial charge in [0.2, 0.25) is 0 Å². The van der Waals surface area contributed by atoms with Crippen molar-refractivity contribution >= 4 is 23.9 Å². The Balaban J connectivity index is 2.39. The van der Waals surface area contributed by atoms with Crippen LogP contribution < -0.4 is 0 Å². The van der Waals surface area contributed by atoms with E-state index in [2.05, 4.69) is 11.6 Å². The van der Waals surface area contributed by atoms with Gasteiger partial charge in [-0.3, -0.25) is 4.99 Å². The third-order valence-corrected chi connectivity index (χ3v) is 2.76. The molecule has 0 aliphatic carbocycles. The van der Waals surface area contributed by atoms with Crippen LogP contribution in [0, 0.1) is 0 Å². The van der Waals surface area contributed by atoms with Crippen molar-refractivity contribution in [2.75, 3.05) is 0 Å². The fourth-order valence-corrected chi connectivity index (χ4v) is 1.71. The van der Waals surface area contributed by atoms with Crippen LogP contribution in [0.4, 0.5) is 5.69 Å². The predicted molar refractivity (Wildman–Crippen MR) is 78.9 cm³/mol. The van der Waals surface area contributed by atoms with Crippen molar-refractivity contribution in [2.24, 2.45) is 4.99 Å². The SMILES string of the molecule is C=Cc1ccc(O)c(C=Nc2ccccc2C(=O)O)c1. The van der Waals surface area contributed by atoms with E-state index in [4.69, 9.17) is 5.11 Å². The molecule has 0 aliphatic heterocycles. The van der Waals surface area contributed by atoms with E-state index in [0.717, 1.165) is 5.56 Å². The van der Waals surface area contributed by atoms with E-state index in [1.807, 2.05) is 0 Å². The average molecular weight is 267 g/mol. The van der Waals surface area contributed by atoms with Crippen LogP contribution in [0.25, 0.3) is 6.08 Å². The van der Waals surface area contributed by atoms with Gasteiger partial charge in [0.05, 0.1) is 11.3 Å². The molecule has 2 aromatic rings. The van der Waals surface area contributed by atoms with Gasteiger partial charge in [0.25, 0.3) is 0 Å². The topological polar surface area (TPSA) is 69.9 Å². The van der Waals surface area contributed by atoms with Crippen LogP contribution in [-0.2, 0) is 0 Å². The number of rotatable bonds is 4. The summed E-state index contributed by atoms with van der Waals surface area (Å²) in [7, 11) is 0. The van der Waals surface area contributed by atoms with Crippen molar-refractivity contribution in [3.63, 3.8) is 0 Å². The summed E-state index contributed by atoms with van der Waals surface area (Å²) < 4.78 is 0. The van der Waals surface area contributed by atoms with E-state index in [1.165, 1.54) is 12.3 Å². The maximum absolute atomic E-state index is 11.1. The third kappa shape index (κ3) is 2.92. The smallest absolute Gasteiger partial charge is 0.337 e. The summed E-state index contributed by atoms with van der Waals surface area (Å²) >= 11 is 0. The number of hydrogen-bond donors (Lipinski definition) is 2. The molecule has 0 aliphatic rings. The van der Waals surface area contributed by atoms with E-state index in [1.54, 1.807) is 42.5 Å². The van der Waals surface area contributed by atoms with Crippen molar-refractivity contribution in [3.8, 4) is 5.75 Å². The summed E-state index contributed by atoms with van der Waals surface area (Å²) in [5, 5.41) is 18.8. The Bertz CT molecular complexity index is 690.